The number of benzene rings is 2. The second kappa shape index (κ2) is 7.73. The lowest BCUT2D eigenvalue weighted by Crippen LogP contribution is -2.27. The van der Waals surface area contributed by atoms with Gasteiger partial charge in [0.15, 0.2) is 0 Å². The van der Waals surface area contributed by atoms with Gasteiger partial charge in [-0.3, -0.25) is 0 Å². The summed E-state index contributed by atoms with van der Waals surface area (Å²) in [5.74, 6) is 0.798. The van der Waals surface area contributed by atoms with Crippen LogP contribution in [0.2, 0.25) is 0 Å². The first kappa shape index (κ1) is 20.6. The number of halogens is 3. The minimum Gasteiger partial charge on any atom is -0.350 e. The minimum atomic E-state index is -4.42. The zero-order chi connectivity index (χ0) is 21.2. The van der Waals surface area contributed by atoms with Crippen molar-refractivity contribution in [3.8, 4) is 11.3 Å². The van der Waals surface area contributed by atoms with Crippen LogP contribution in [0, 0.1) is 6.92 Å². The maximum Gasteiger partial charge on any atom is 0.416 e. The van der Waals surface area contributed by atoms with Crippen LogP contribution in [0.15, 0.2) is 54.6 Å². The van der Waals surface area contributed by atoms with Gasteiger partial charge in [-0.15, -0.1) is 0 Å². The summed E-state index contributed by atoms with van der Waals surface area (Å²) in [4.78, 5) is 9.00. The molecule has 2 N–H and O–H groups in total. The van der Waals surface area contributed by atoms with Gasteiger partial charge in [0.05, 0.1) is 11.3 Å². The lowest BCUT2D eigenvalue weighted by Gasteiger charge is -2.21. The van der Waals surface area contributed by atoms with Crippen molar-refractivity contribution in [1.82, 2.24) is 9.97 Å². The van der Waals surface area contributed by atoms with E-state index in [1.165, 1.54) is 13.0 Å². The molecular weight excluding hydrogens is 377 g/mol. The monoisotopic (exact) mass is 400 g/mol. The van der Waals surface area contributed by atoms with Crippen LogP contribution in [0.1, 0.15) is 31.9 Å². The maximum atomic E-state index is 13.2. The largest absolute Gasteiger partial charge is 0.416 e. The average Bonchev–Trinajstić information content (AvgIpc) is 2.61. The van der Waals surface area contributed by atoms with Gasteiger partial charge in [0.25, 0.3) is 0 Å². The zero-order valence-corrected chi connectivity index (χ0v) is 16.7. The number of rotatable bonds is 4. The van der Waals surface area contributed by atoms with E-state index in [2.05, 4.69) is 20.6 Å². The Kier molecular flexibility index (Phi) is 5.50. The highest BCUT2D eigenvalue weighted by molar-refractivity contribution is 5.68. The van der Waals surface area contributed by atoms with Gasteiger partial charge in [-0.05, 0) is 45.4 Å². The number of aromatic nitrogens is 2. The van der Waals surface area contributed by atoms with E-state index in [1.54, 1.807) is 12.1 Å². The fourth-order valence-corrected chi connectivity index (χ4v) is 2.81. The molecular formula is C22H23F3N4. The quantitative estimate of drug-likeness (QED) is 0.530. The Morgan fingerprint density at radius 2 is 1.55 bits per heavy atom. The van der Waals surface area contributed by atoms with Gasteiger partial charge in [0.2, 0.25) is 5.95 Å². The van der Waals surface area contributed by atoms with Crippen molar-refractivity contribution in [2.75, 3.05) is 10.6 Å². The second-order valence-electron chi connectivity index (χ2n) is 7.86. The summed E-state index contributed by atoms with van der Waals surface area (Å²) >= 11 is 0. The topological polar surface area (TPSA) is 49.8 Å². The van der Waals surface area contributed by atoms with Crippen molar-refractivity contribution < 1.29 is 13.2 Å². The molecule has 29 heavy (non-hydrogen) atoms. The molecule has 0 radical (unpaired) electrons. The molecule has 0 saturated heterocycles. The smallest absolute Gasteiger partial charge is 0.350 e. The molecule has 0 bridgehead atoms. The van der Waals surface area contributed by atoms with E-state index >= 15 is 0 Å². The molecule has 0 saturated carbocycles. The maximum absolute atomic E-state index is 13.2. The van der Waals surface area contributed by atoms with Crippen LogP contribution in [0.4, 0.5) is 30.6 Å². The molecule has 0 aliphatic heterocycles. The molecule has 3 aromatic rings. The molecule has 7 heteroatoms. The molecule has 0 atom stereocenters. The van der Waals surface area contributed by atoms with Gasteiger partial charge in [-0.2, -0.15) is 18.2 Å². The summed E-state index contributed by atoms with van der Waals surface area (Å²) < 4.78 is 39.7. The van der Waals surface area contributed by atoms with E-state index in [9.17, 15) is 13.2 Å². The number of alkyl halides is 3. The highest BCUT2D eigenvalue weighted by atomic mass is 19.4. The van der Waals surface area contributed by atoms with Crippen molar-refractivity contribution in [3.63, 3.8) is 0 Å². The number of hydrogen-bond acceptors (Lipinski definition) is 4. The molecule has 0 aliphatic rings. The molecule has 0 fully saturated rings. The number of nitrogens with one attached hydrogen (secondary N) is 2. The number of aryl methyl sites for hydroxylation is 1. The number of hydrogen-bond donors (Lipinski definition) is 2. The third kappa shape index (κ3) is 5.47. The lowest BCUT2D eigenvalue weighted by atomic mass is 10.1. The molecule has 2 aromatic carbocycles. The van der Waals surface area contributed by atoms with E-state index in [0.29, 0.717) is 23.1 Å². The van der Waals surface area contributed by atoms with Crippen LogP contribution in [-0.4, -0.2) is 15.5 Å². The molecule has 4 nitrogen and oxygen atoms in total. The Labute approximate surface area is 168 Å². The van der Waals surface area contributed by atoms with E-state index in [-0.39, 0.29) is 11.1 Å². The highest BCUT2D eigenvalue weighted by Crippen LogP contribution is 2.34. The van der Waals surface area contributed by atoms with Gasteiger partial charge >= 0.3 is 6.18 Å². The van der Waals surface area contributed by atoms with E-state index in [1.807, 2.05) is 51.1 Å². The van der Waals surface area contributed by atoms with Crippen LogP contribution >= 0.6 is 0 Å². The Bertz CT molecular complexity index is 993. The summed E-state index contributed by atoms with van der Waals surface area (Å²) in [7, 11) is 0. The first-order valence-electron chi connectivity index (χ1n) is 9.19. The molecule has 1 heterocycles. The first-order chi connectivity index (χ1) is 13.5. The standard InChI is InChI=1S/C22H23F3N4/c1-14-10-11-16(12-17(14)22(23,24)25)26-19-13-18(15-8-6-5-7-9-15)27-20(28-19)29-21(2,3)4/h5-13H,1-4H3,(H2,26,27,28,29). The predicted molar refractivity (Wildman–Crippen MR) is 110 cm³/mol. The van der Waals surface area contributed by atoms with E-state index < -0.39 is 11.7 Å². The molecule has 0 unspecified atom stereocenters. The Hall–Kier alpha value is -3.09. The van der Waals surface area contributed by atoms with Crippen LogP contribution in [0.3, 0.4) is 0 Å². The molecule has 1 aromatic heterocycles. The van der Waals surface area contributed by atoms with Gasteiger partial charge in [0.1, 0.15) is 5.82 Å². The van der Waals surface area contributed by atoms with Crippen LogP contribution < -0.4 is 10.6 Å². The van der Waals surface area contributed by atoms with Crippen molar-refractivity contribution in [1.29, 1.82) is 0 Å². The third-order valence-corrected chi connectivity index (χ3v) is 4.10. The van der Waals surface area contributed by atoms with E-state index in [4.69, 9.17) is 0 Å². The predicted octanol–water partition coefficient (Wildman–Crippen LogP) is 6.42. The summed E-state index contributed by atoms with van der Waals surface area (Å²) in [5, 5.41) is 6.21. The van der Waals surface area contributed by atoms with Crippen LogP contribution in [0.25, 0.3) is 11.3 Å². The molecule has 0 aliphatic carbocycles. The zero-order valence-electron chi connectivity index (χ0n) is 16.7. The van der Waals surface area contributed by atoms with Crippen molar-refractivity contribution in [2.24, 2.45) is 0 Å². The fraction of sp³-hybridized carbons (Fsp3) is 0.273. The van der Waals surface area contributed by atoms with Crippen LogP contribution in [-0.2, 0) is 6.18 Å². The first-order valence-corrected chi connectivity index (χ1v) is 9.19. The Morgan fingerprint density at radius 3 is 2.17 bits per heavy atom. The molecule has 0 amide bonds. The molecule has 3 rings (SSSR count). The highest BCUT2D eigenvalue weighted by Gasteiger charge is 2.32. The normalized spacial score (nSPS) is 12.0. The average molecular weight is 400 g/mol. The van der Waals surface area contributed by atoms with Crippen molar-refractivity contribution >= 4 is 17.5 Å². The molecule has 152 valence electrons. The van der Waals surface area contributed by atoms with Gasteiger partial charge in [0, 0.05) is 22.9 Å². The van der Waals surface area contributed by atoms with Crippen molar-refractivity contribution in [3.05, 3.63) is 65.7 Å². The summed E-state index contributed by atoms with van der Waals surface area (Å²) in [6, 6.07) is 15.4. The van der Waals surface area contributed by atoms with Gasteiger partial charge in [-0.25, -0.2) is 4.98 Å². The van der Waals surface area contributed by atoms with Crippen molar-refractivity contribution in [2.45, 2.75) is 39.4 Å². The third-order valence-electron chi connectivity index (χ3n) is 4.10. The second-order valence-corrected chi connectivity index (χ2v) is 7.86. The van der Waals surface area contributed by atoms with E-state index in [0.717, 1.165) is 11.6 Å². The fourth-order valence-electron chi connectivity index (χ4n) is 2.81. The molecule has 0 spiro atoms. The Morgan fingerprint density at radius 1 is 0.862 bits per heavy atom. The summed E-state index contributed by atoms with van der Waals surface area (Å²) in [6.45, 7) is 7.38. The SMILES string of the molecule is Cc1ccc(Nc2cc(-c3ccccc3)nc(NC(C)(C)C)n2)cc1C(F)(F)F. The summed E-state index contributed by atoms with van der Waals surface area (Å²) in [6.07, 6.45) is -4.42. The van der Waals surface area contributed by atoms with Gasteiger partial charge < -0.3 is 10.6 Å². The minimum absolute atomic E-state index is 0.172. The van der Waals surface area contributed by atoms with Crippen LogP contribution in [0.5, 0.6) is 0 Å². The van der Waals surface area contributed by atoms with Gasteiger partial charge in [-0.1, -0.05) is 36.4 Å². The summed E-state index contributed by atoms with van der Waals surface area (Å²) in [5.41, 5.74) is 1.08. The number of anilines is 3. The lowest BCUT2D eigenvalue weighted by molar-refractivity contribution is -0.138. The Balaban J connectivity index is 2.01. The number of nitrogens with zero attached hydrogens (tertiary/aromatic N) is 2.